The van der Waals surface area contributed by atoms with E-state index in [2.05, 4.69) is 0 Å². The van der Waals surface area contributed by atoms with Crippen molar-refractivity contribution in [1.82, 2.24) is 9.80 Å². The van der Waals surface area contributed by atoms with Gasteiger partial charge in [0, 0.05) is 32.1 Å². The number of piperidine rings is 1. The third-order valence-corrected chi connectivity index (χ3v) is 3.92. The van der Waals surface area contributed by atoms with Crippen LogP contribution < -0.4 is 0 Å². The van der Waals surface area contributed by atoms with E-state index >= 15 is 0 Å². The Morgan fingerprint density at radius 1 is 1.10 bits per heavy atom. The summed E-state index contributed by atoms with van der Waals surface area (Å²) in [5.41, 5.74) is 0. The molecule has 2 rings (SSSR count). The van der Waals surface area contributed by atoms with Gasteiger partial charge in [-0.05, 0) is 12.8 Å². The lowest BCUT2D eigenvalue weighted by Gasteiger charge is -2.43. The highest BCUT2D eigenvalue weighted by Gasteiger charge is 2.43. The largest absolute Gasteiger partial charge is 0.481 e. The van der Waals surface area contributed by atoms with Crippen LogP contribution in [0.4, 0.5) is 18.0 Å². The predicted molar refractivity (Wildman–Crippen MR) is 63.1 cm³/mol. The van der Waals surface area contributed by atoms with Crippen LogP contribution in [0.1, 0.15) is 19.3 Å². The summed E-state index contributed by atoms with van der Waals surface area (Å²) in [6.45, 7) is 0.987. The molecule has 5 nitrogen and oxygen atoms in total. The Hall–Kier alpha value is -1.47. The Kier molecular flexibility index (Phi) is 4.10. The lowest BCUT2D eigenvalue weighted by Crippen LogP contribution is -2.56. The first-order chi connectivity index (χ1) is 9.27. The second kappa shape index (κ2) is 5.49. The first kappa shape index (κ1) is 14.9. The molecule has 2 aliphatic rings. The van der Waals surface area contributed by atoms with Gasteiger partial charge in [0.25, 0.3) is 0 Å². The Bertz CT molecular complexity index is 386. The first-order valence-electron chi connectivity index (χ1n) is 6.59. The van der Waals surface area contributed by atoms with Crippen molar-refractivity contribution in [3.8, 4) is 0 Å². The highest BCUT2D eigenvalue weighted by atomic mass is 19.4. The summed E-state index contributed by atoms with van der Waals surface area (Å²) in [6.07, 6.45) is -4.26. The summed E-state index contributed by atoms with van der Waals surface area (Å²) in [5, 5.41) is 8.61. The monoisotopic (exact) mass is 294 g/mol. The van der Waals surface area contributed by atoms with E-state index in [1.807, 2.05) is 0 Å². The summed E-state index contributed by atoms with van der Waals surface area (Å²) in [5.74, 6) is -2.25. The van der Waals surface area contributed by atoms with Crippen LogP contribution in [0.25, 0.3) is 0 Å². The molecule has 8 heteroatoms. The molecule has 2 saturated heterocycles. The number of halogens is 3. The quantitative estimate of drug-likeness (QED) is 0.844. The van der Waals surface area contributed by atoms with Crippen LogP contribution in [-0.4, -0.2) is 59.3 Å². The predicted octanol–water partition coefficient (Wildman–Crippen LogP) is 1.79. The zero-order valence-electron chi connectivity index (χ0n) is 10.9. The van der Waals surface area contributed by atoms with E-state index in [-0.39, 0.29) is 44.3 Å². The van der Waals surface area contributed by atoms with Crippen LogP contribution >= 0.6 is 0 Å². The van der Waals surface area contributed by atoms with Crippen LogP contribution in [0.3, 0.4) is 0 Å². The Balaban J connectivity index is 1.75. The Labute approximate surface area is 114 Å². The second-order valence-corrected chi connectivity index (χ2v) is 5.45. The lowest BCUT2D eigenvalue weighted by atomic mass is 9.95. The van der Waals surface area contributed by atoms with Crippen molar-refractivity contribution >= 4 is 12.0 Å². The van der Waals surface area contributed by atoms with Crippen molar-refractivity contribution in [2.24, 2.45) is 11.8 Å². The van der Waals surface area contributed by atoms with Gasteiger partial charge < -0.3 is 14.9 Å². The minimum atomic E-state index is -4.18. The summed E-state index contributed by atoms with van der Waals surface area (Å²) >= 11 is 0. The minimum Gasteiger partial charge on any atom is -0.481 e. The third kappa shape index (κ3) is 3.34. The second-order valence-electron chi connectivity index (χ2n) is 5.45. The van der Waals surface area contributed by atoms with Crippen molar-refractivity contribution in [3.05, 3.63) is 0 Å². The van der Waals surface area contributed by atoms with Gasteiger partial charge in [-0.1, -0.05) is 0 Å². The van der Waals surface area contributed by atoms with Crippen molar-refractivity contribution in [2.45, 2.75) is 25.4 Å². The van der Waals surface area contributed by atoms with Gasteiger partial charge in [0.2, 0.25) is 0 Å². The van der Waals surface area contributed by atoms with Crippen molar-refractivity contribution in [2.75, 3.05) is 26.2 Å². The van der Waals surface area contributed by atoms with Gasteiger partial charge in [0.1, 0.15) is 0 Å². The molecule has 2 amide bonds. The van der Waals surface area contributed by atoms with Crippen LogP contribution in [0, 0.1) is 11.8 Å². The number of alkyl halides is 3. The smallest absolute Gasteiger partial charge is 0.391 e. The molecule has 20 heavy (non-hydrogen) atoms. The van der Waals surface area contributed by atoms with E-state index < -0.39 is 18.1 Å². The Morgan fingerprint density at radius 3 is 2.10 bits per heavy atom. The van der Waals surface area contributed by atoms with Crippen LogP contribution in [-0.2, 0) is 4.79 Å². The highest BCUT2D eigenvalue weighted by Crippen LogP contribution is 2.34. The summed E-state index contributed by atoms with van der Waals surface area (Å²) in [6, 6.07) is -0.271. The maximum atomic E-state index is 12.5. The molecule has 0 aromatic carbocycles. The van der Waals surface area contributed by atoms with E-state index in [1.54, 1.807) is 0 Å². The molecule has 0 unspecified atom stereocenters. The zero-order chi connectivity index (χ0) is 14.9. The molecular weight excluding hydrogens is 277 g/mol. The van der Waals surface area contributed by atoms with E-state index in [4.69, 9.17) is 5.11 Å². The lowest BCUT2D eigenvalue weighted by molar-refractivity contribution is -0.183. The summed E-state index contributed by atoms with van der Waals surface area (Å²) in [4.78, 5) is 25.4. The number of hydrogen-bond donors (Lipinski definition) is 1. The molecule has 0 spiro atoms. The van der Waals surface area contributed by atoms with E-state index in [9.17, 15) is 22.8 Å². The molecular formula is C12H17F3N2O3. The average Bonchev–Trinajstić information content (AvgIpc) is 2.31. The van der Waals surface area contributed by atoms with E-state index in [0.29, 0.717) is 13.1 Å². The van der Waals surface area contributed by atoms with Gasteiger partial charge in [-0.2, -0.15) is 13.2 Å². The minimum absolute atomic E-state index is 0.0277. The zero-order valence-corrected chi connectivity index (χ0v) is 10.9. The number of carbonyl (C=O) groups is 2. The Morgan fingerprint density at radius 2 is 1.65 bits per heavy atom. The van der Waals surface area contributed by atoms with Gasteiger partial charge >= 0.3 is 18.2 Å². The molecule has 0 aliphatic carbocycles. The normalized spacial score (nSPS) is 21.8. The van der Waals surface area contributed by atoms with Crippen LogP contribution in [0.15, 0.2) is 0 Å². The number of carbonyl (C=O) groups excluding carboxylic acids is 1. The number of amides is 2. The molecule has 0 aromatic heterocycles. The maximum absolute atomic E-state index is 12.5. The van der Waals surface area contributed by atoms with Gasteiger partial charge in [0.05, 0.1) is 12.3 Å². The van der Waals surface area contributed by atoms with Gasteiger partial charge in [-0.15, -0.1) is 0 Å². The molecule has 0 atom stereocenters. The fraction of sp³-hybridized carbons (Fsp3) is 0.833. The number of carboxylic acid groups (broad SMARTS) is 1. The molecule has 0 radical (unpaired) electrons. The average molecular weight is 294 g/mol. The first-order valence-corrected chi connectivity index (χ1v) is 6.59. The van der Waals surface area contributed by atoms with Gasteiger partial charge in [0.15, 0.2) is 0 Å². The van der Waals surface area contributed by atoms with Crippen molar-refractivity contribution < 1.29 is 27.9 Å². The fourth-order valence-corrected chi connectivity index (χ4v) is 2.70. The van der Waals surface area contributed by atoms with Crippen LogP contribution in [0.5, 0.6) is 0 Å². The number of carboxylic acids is 1. The topological polar surface area (TPSA) is 60.9 Å². The molecule has 1 N–H and O–H groups in total. The highest BCUT2D eigenvalue weighted by molar-refractivity contribution is 5.76. The molecule has 0 saturated carbocycles. The maximum Gasteiger partial charge on any atom is 0.391 e. The molecule has 0 aromatic rings. The summed E-state index contributed by atoms with van der Waals surface area (Å²) in [7, 11) is 0. The number of aliphatic carboxylic acids is 1. The number of urea groups is 1. The SMILES string of the molecule is O=C(O)CC1CN(C(=O)N2CCC(C(F)(F)F)CC2)C1. The van der Waals surface area contributed by atoms with E-state index in [1.165, 1.54) is 9.80 Å². The molecule has 2 aliphatic heterocycles. The molecule has 114 valence electrons. The third-order valence-electron chi connectivity index (χ3n) is 3.92. The van der Waals surface area contributed by atoms with Gasteiger partial charge in [-0.3, -0.25) is 4.79 Å². The van der Waals surface area contributed by atoms with E-state index in [0.717, 1.165) is 0 Å². The fourth-order valence-electron chi connectivity index (χ4n) is 2.70. The number of likely N-dealkylation sites (tertiary alicyclic amines) is 2. The van der Waals surface area contributed by atoms with Crippen molar-refractivity contribution in [1.29, 1.82) is 0 Å². The molecule has 2 heterocycles. The van der Waals surface area contributed by atoms with Crippen molar-refractivity contribution in [3.63, 3.8) is 0 Å². The number of rotatable bonds is 2. The van der Waals surface area contributed by atoms with Crippen LogP contribution in [0.2, 0.25) is 0 Å². The standard InChI is InChI=1S/C12H17F3N2O3/c13-12(14,15)9-1-3-16(4-2-9)11(20)17-6-8(7-17)5-10(18)19/h8-9H,1-7H2,(H,18,19). The molecule has 0 bridgehead atoms. The van der Waals surface area contributed by atoms with Gasteiger partial charge in [-0.25, -0.2) is 4.79 Å². The summed E-state index contributed by atoms with van der Waals surface area (Å²) < 4.78 is 37.5. The number of nitrogens with zero attached hydrogens (tertiary/aromatic N) is 2. The number of hydrogen-bond acceptors (Lipinski definition) is 2. The molecule has 2 fully saturated rings.